The minimum atomic E-state index is 0.0447. The van der Waals surface area contributed by atoms with Gasteiger partial charge in [-0.05, 0) is 44.6 Å². The SMILES string of the molecule is CCC1CCNC(C(=O)N(C)C(C)CC(C)C)C1. The van der Waals surface area contributed by atoms with Crippen molar-refractivity contribution >= 4 is 5.91 Å². The lowest BCUT2D eigenvalue weighted by atomic mass is 9.89. The predicted molar refractivity (Wildman–Crippen MR) is 76.5 cm³/mol. The van der Waals surface area contributed by atoms with Crippen LogP contribution in [-0.2, 0) is 4.79 Å². The minimum absolute atomic E-state index is 0.0447. The highest BCUT2D eigenvalue weighted by Crippen LogP contribution is 2.21. The third-order valence-electron chi connectivity index (χ3n) is 4.21. The van der Waals surface area contributed by atoms with Gasteiger partial charge in [0.05, 0.1) is 6.04 Å². The zero-order chi connectivity index (χ0) is 13.7. The van der Waals surface area contributed by atoms with Crippen molar-refractivity contribution in [3.63, 3.8) is 0 Å². The summed E-state index contributed by atoms with van der Waals surface area (Å²) in [5.74, 6) is 1.63. The van der Waals surface area contributed by atoms with Crippen LogP contribution in [0.25, 0.3) is 0 Å². The molecule has 1 aliphatic heterocycles. The summed E-state index contributed by atoms with van der Waals surface area (Å²) in [7, 11) is 1.95. The summed E-state index contributed by atoms with van der Waals surface area (Å²) < 4.78 is 0. The fourth-order valence-electron chi connectivity index (χ4n) is 2.86. The highest BCUT2D eigenvalue weighted by atomic mass is 16.2. The van der Waals surface area contributed by atoms with Gasteiger partial charge in [-0.1, -0.05) is 27.2 Å². The Bertz CT molecular complexity index is 265. The van der Waals surface area contributed by atoms with Crippen molar-refractivity contribution in [3.05, 3.63) is 0 Å². The van der Waals surface area contributed by atoms with Crippen molar-refractivity contribution in [1.29, 1.82) is 0 Å². The zero-order valence-electron chi connectivity index (χ0n) is 12.7. The van der Waals surface area contributed by atoms with E-state index in [1.54, 1.807) is 0 Å². The van der Waals surface area contributed by atoms with E-state index >= 15 is 0 Å². The molecule has 1 rings (SSSR count). The van der Waals surface area contributed by atoms with Crippen LogP contribution in [-0.4, -0.2) is 36.5 Å². The van der Waals surface area contributed by atoms with Crippen LogP contribution in [0.1, 0.15) is 53.4 Å². The normalized spacial score (nSPS) is 26.1. The number of hydrogen-bond donors (Lipinski definition) is 1. The second kappa shape index (κ2) is 7.13. The van der Waals surface area contributed by atoms with E-state index in [1.807, 2.05) is 11.9 Å². The van der Waals surface area contributed by atoms with E-state index in [-0.39, 0.29) is 11.9 Å². The van der Waals surface area contributed by atoms with Crippen molar-refractivity contribution in [2.45, 2.75) is 65.5 Å². The topological polar surface area (TPSA) is 32.3 Å². The van der Waals surface area contributed by atoms with Gasteiger partial charge in [-0.25, -0.2) is 0 Å². The van der Waals surface area contributed by atoms with Crippen LogP contribution in [0.5, 0.6) is 0 Å². The molecule has 3 unspecified atom stereocenters. The van der Waals surface area contributed by atoms with Crippen molar-refractivity contribution in [2.24, 2.45) is 11.8 Å². The maximum absolute atomic E-state index is 12.4. The molecule has 3 nitrogen and oxygen atoms in total. The number of rotatable bonds is 5. The Morgan fingerprint density at radius 1 is 1.39 bits per heavy atom. The van der Waals surface area contributed by atoms with Gasteiger partial charge in [0.1, 0.15) is 0 Å². The minimum Gasteiger partial charge on any atom is -0.342 e. The molecular weight excluding hydrogens is 224 g/mol. The van der Waals surface area contributed by atoms with Crippen LogP contribution in [0.2, 0.25) is 0 Å². The van der Waals surface area contributed by atoms with Gasteiger partial charge in [-0.2, -0.15) is 0 Å². The van der Waals surface area contributed by atoms with E-state index in [0.717, 1.165) is 19.4 Å². The van der Waals surface area contributed by atoms with Gasteiger partial charge in [0.2, 0.25) is 5.91 Å². The molecule has 0 aromatic heterocycles. The average Bonchev–Trinajstić information content (AvgIpc) is 2.36. The fourth-order valence-corrected chi connectivity index (χ4v) is 2.86. The lowest BCUT2D eigenvalue weighted by molar-refractivity contribution is -0.135. The van der Waals surface area contributed by atoms with E-state index in [4.69, 9.17) is 0 Å². The van der Waals surface area contributed by atoms with Crippen LogP contribution in [0.4, 0.5) is 0 Å². The van der Waals surface area contributed by atoms with Gasteiger partial charge >= 0.3 is 0 Å². The van der Waals surface area contributed by atoms with Gasteiger partial charge in [-0.3, -0.25) is 4.79 Å². The first-order chi connectivity index (χ1) is 8.45. The van der Waals surface area contributed by atoms with E-state index in [1.165, 1.54) is 12.8 Å². The van der Waals surface area contributed by atoms with Crippen LogP contribution in [0, 0.1) is 11.8 Å². The molecule has 0 radical (unpaired) electrons. The van der Waals surface area contributed by atoms with Gasteiger partial charge < -0.3 is 10.2 Å². The Morgan fingerprint density at radius 2 is 2.06 bits per heavy atom. The van der Waals surface area contributed by atoms with Gasteiger partial charge in [0.15, 0.2) is 0 Å². The summed E-state index contributed by atoms with van der Waals surface area (Å²) >= 11 is 0. The second-order valence-electron chi connectivity index (χ2n) is 6.23. The smallest absolute Gasteiger partial charge is 0.239 e. The molecule has 0 spiro atoms. The standard InChI is InChI=1S/C15H30N2O/c1-6-13-7-8-16-14(10-13)15(18)17(5)12(4)9-11(2)3/h11-14,16H,6-10H2,1-5H3. The Hall–Kier alpha value is -0.570. The molecular formula is C15H30N2O. The molecule has 0 bridgehead atoms. The quantitative estimate of drug-likeness (QED) is 0.818. The third-order valence-corrected chi connectivity index (χ3v) is 4.21. The summed E-state index contributed by atoms with van der Waals surface area (Å²) in [5.41, 5.74) is 0. The first kappa shape index (κ1) is 15.5. The third kappa shape index (κ3) is 4.27. The number of hydrogen-bond acceptors (Lipinski definition) is 2. The number of piperidine rings is 1. The van der Waals surface area contributed by atoms with Crippen molar-refractivity contribution in [3.8, 4) is 0 Å². The van der Waals surface area contributed by atoms with E-state index in [9.17, 15) is 4.79 Å². The van der Waals surface area contributed by atoms with E-state index in [0.29, 0.717) is 17.9 Å². The summed E-state index contributed by atoms with van der Waals surface area (Å²) in [5, 5.41) is 3.38. The van der Waals surface area contributed by atoms with Crippen LogP contribution in [0.15, 0.2) is 0 Å². The van der Waals surface area contributed by atoms with Gasteiger partial charge in [0, 0.05) is 13.1 Å². The number of likely N-dealkylation sites (N-methyl/N-ethyl adjacent to an activating group) is 1. The molecule has 18 heavy (non-hydrogen) atoms. The fraction of sp³-hybridized carbons (Fsp3) is 0.933. The summed E-state index contributed by atoms with van der Waals surface area (Å²) in [6.45, 7) is 9.78. The highest BCUT2D eigenvalue weighted by molar-refractivity contribution is 5.82. The van der Waals surface area contributed by atoms with E-state index < -0.39 is 0 Å². The molecule has 0 aromatic carbocycles. The predicted octanol–water partition coefficient (Wildman–Crippen LogP) is 2.66. The molecule has 1 fully saturated rings. The Morgan fingerprint density at radius 3 is 2.61 bits per heavy atom. The molecule has 1 aliphatic rings. The number of nitrogens with zero attached hydrogens (tertiary/aromatic N) is 1. The molecule has 106 valence electrons. The Kier molecular flexibility index (Phi) is 6.13. The maximum atomic E-state index is 12.4. The second-order valence-corrected chi connectivity index (χ2v) is 6.23. The number of amides is 1. The summed E-state index contributed by atoms with van der Waals surface area (Å²) in [4.78, 5) is 14.4. The molecule has 0 aromatic rings. The summed E-state index contributed by atoms with van der Waals surface area (Å²) in [6, 6.07) is 0.379. The van der Waals surface area contributed by atoms with Crippen LogP contribution >= 0.6 is 0 Å². The largest absolute Gasteiger partial charge is 0.342 e. The Labute approximate surface area is 112 Å². The van der Waals surface area contributed by atoms with Crippen LogP contribution in [0.3, 0.4) is 0 Å². The molecule has 3 atom stereocenters. The Balaban J connectivity index is 2.52. The van der Waals surface area contributed by atoms with E-state index in [2.05, 4.69) is 33.0 Å². The molecule has 1 saturated heterocycles. The van der Waals surface area contributed by atoms with Gasteiger partial charge in [0.25, 0.3) is 0 Å². The summed E-state index contributed by atoms with van der Waals surface area (Å²) in [6.07, 6.45) is 4.49. The van der Waals surface area contributed by atoms with Crippen molar-refractivity contribution < 1.29 is 4.79 Å². The molecule has 3 heteroatoms. The molecule has 0 saturated carbocycles. The van der Waals surface area contributed by atoms with Crippen LogP contribution < -0.4 is 5.32 Å². The zero-order valence-corrected chi connectivity index (χ0v) is 12.7. The monoisotopic (exact) mass is 254 g/mol. The number of nitrogens with one attached hydrogen (secondary N) is 1. The number of carbonyl (C=O) groups is 1. The van der Waals surface area contributed by atoms with Gasteiger partial charge in [-0.15, -0.1) is 0 Å². The van der Waals surface area contributed by atoms with Crippen molar-refractivity contribution in [2.75, 3.05) is 13.6 Å². The molecule has 1 N–H and O–H groups in total. The lowest BCUT2D eigenvalue weighted by Gasteiger charge is -2.34. The highest BCUT2D eigenvalue weighted by Gasteiger charge is 2.29. The molecule has 1 amide bonds. The first-order valence-corrected chi connectivity index (χ1v) is 7.45. The number of carbonyl (C=O) groups excluding carboxylic acids is 1. The first-order valence-electron chi connectivity index (χ1n) is 7.45. The lowest BCUT2D eigenvalue weighted by Crippen LogP contribution is -2.51. The maximum Gasteiger partial charge on any atom is 0.239 e. The average molecular weight is 254 g/mol. The molecule has 1 heterocycles. The molecule has 0 aliphatic carbocycles. The van der Waals surface area contributed by atoms with Crippen molar-refractivity contribution in [1.82, 2.24) is 10.2 Å².